The molecule has 0 bridgehead atoms. The van der Waals surface area contributed by atoms with E-state index in [4.69, 9.17) is 10.2 Å². The number of hydrogen-bond acceptors (Lipinski definition) is 5. The SMILES string of the molecule is CCP(=O)(OCO)OCO. The zero-order valence-electron chi connectivity index (χ0n) is 5.69. The highest BCUT2D eigenvalue weighted by Gasteiger charge is 2.20. The second-order valence-corrected chi connectivity index (χ2v) is 3.81. The molecule has 2 N–H and O–H groups in total. The van der Waals surface area contributed by atoms with E-state index in [9.17, 15) is 4.57 Å². The lowest BCUT2D eigenvalue weighted by atomic mass is 11.0. The molecular formula is C4H11O5P. The topological polar surface area (TPSA) is 76.0 Å². The molecule has 0 aliphatic carbocycles. The van der Waals surface area contributed by atoms with Gasteiger partial charge in [-0.05, 0) is 0 Å². The Morgan fingerprint density at radius 3 is 1.90 bits per heavy atom. The van der Waals surface area contributed by atoms with Crippen molar-refractivity contribution in [3.63, 3.8) is 0 Å². The van der Waals surface area contributed by atoms with Gasteiger partial charge in [-0.2, -0.15) is 0 Å². The van der Waals surface area contributed by atoms with Crippen LogP contribution in [0.2, 0.25) is 0 Å². The third kappa shape index (κ3) is 3.29. The Bertz CT molecular complexity index is 115. The number of rotatable bonds is 5. The lowest BCUT2D eigenvalue weighted by Crippen LogP contribution is -1.99. The van der Waals surface area contributed by atoms with Gasteiger partial charge in [0.25, 0.3) is 0 Å². The minimum absolute atomic E-state index is 0.133. The second kappa shape index (κ2) is 4.82. The Morgan fingerprint density at radius 2 is 1.70 bits per heavy atom. The molecule has 0 fully saturated rings. The molecule has 0 aromatic carbocycles. The summed E-state index contributed by atoms with van der Waals surface area (Å²) in [4.78, 5) is 0. The average Bonchev–Trinajstić information content (AvgIpc) is 1.89. The van der Waals surface area contributed by atoms with Gasteiger partial charge < -0.3 is 10.2 Å². The summed E-state index contributed by atoms with van der Waals surface area (Å²) in [7, 11) is -3.20. The van der Waals surface area contributed by atoms with Crippen LogP contribution in [-0.4, -0.2) is 30.0 Å². The summed E-state index contributed by atoms with van der Waals surface area (Å²) in [6.45, 7) is 0.252. The molecule has 0 radical (unpaired) electrons. The van der Waals surface area contributed by atoms with Gasteiger partial charge in [0.05, 0.1) is 0 Å². The molecule has 0 heterocycles. The number of hydrogen-bond donors (Lipinski definition) is 2. The maximum atomic E-state index is 11.0. The largest absolute Gasteiger partial charge is 0.370 e. The monoisotopic (exact) mass is 170 g/mol. The van der Waals surface area contributed by atoms with Gasteiger partial charge in [0.1, 0.15) is 0 Å². The van der Waals surface area contributed by atoms with E-state index in [1.165, 1.54) is 0 Å². The third-order valence-electron chi connectivity index (χ3n) is 0.896. The fraction of sp³-hybridized carbons (Fsp3) is 1.00. The quantitative estimate of drug-likeness (QED) is 0.453. The predicted octanol–water partition coefficient (Wildman–Crippen LogP) is 0.132. The summed E-state index contributed by atoms with van der Waals surface area (Å²) in [5.74, 6) is 0. The van der Waals surface area contributed by atoms with E-state index in [2.05, 4.69) is 9.05 Å². The summed E-state index contributed by atoms with van der Waals surface area (Å²) >= 11 is 0. The zero-order valence-corrected chi connectivity index (χ0v) is 6.58. The lowest BCUT2D eigenvalue weighted by molar-refractivity contribution is 0.0404. The predicted molar refractivity (Wildman–Crippen MR) is 34.5 cm³/mol. The van der Waals surface area contributed by atoms with Gasteiger partial charge in [0.15, 0.2) is 13.6 Å². The maximum Gasteiger partial charge on any atom is 0.334 e. The molecule has 0 spiro atoms. The molecule has 0 saturated carbocycles. The van der Waals surface area contributed by atoms with Gasteiger partial charge in [0.2, 0.25) is 0 Å². The van der Waals surface area contributed by atoms with Crippen LogP contribution in [0.15, 0.2) is 0 Å². The van der Waals surface area contributed by atoms with E-state index in [0.717, 1.165) is 0 Å². The Labute approximate surface area is 59.1 Å². The highest BCUT2D eigenvalue weighted by atomic mass is 31.2. The van der Waals surface area contributed by atoms with E-state index < -0.39 is 21.2 Å². The minimum atomic E-state index is -3.20. The molecule has 5 nitrogen and oxygen atoms in total. The first-order chi connectivity index (χ1) is 4.68. The fourth-order valence-electron chi connectivity index (χ4n) is 0.396. The van der Waals surface area contributed by atoms with Crippen molar-refractivity contribution in [1.29, 1.82) is 0 Å². The molecule has 0 aliphatic heterocycles. The summed E-state index contributed by atoms with van der Waals surface area (Å²) in [6, 6.07) is 0. The summed E-state index contributed by atoms with van der Waals surface area (Å²) in [6.07, 6.45) is 0.133. The van der Waals surface area contributed by atoms with Crippen molar-refractivity contribution in [3.8, 4) is 0 Å². The van der Waals surface area contributed by atoms with Crippen molar-refractivity contribution in [3.05, 3.63) is 0 Å². The molecule has 0 unspecified atom stereocenters. The molecule has 0 aliphatic rings. The van der Waals surface area contributed by atoms with Gasteiger partial charge in [-0.3, -0.25) is 13.6 Å². The van der Waals surface area contributed by atoms with Crippen molar-refractivity contribution >= 4 is 7.60 Å². The molecule has 0 aromatic rings. The second-order valence-electron chi connectivity index (χ2n) is 1.44. The van der Waals surface area contributed by atoms with E-state index in [0.29, 0.717) is 0 Å². The van der Waals surface area contributed by atoms with Gasteiger partial charge in [-0.1, -0.05) is 6.92 Å². The number of aliphatic hydroxyl groups is 2. The van der Waals surface area contributed by atoms with Crippen molar-refractivity contribution in [2.45, 2.75) is 6.92 Å². The molecule has 62 valence electrons. The summed E-state index contributed by atoms with van der Waals surface area (Å²) in [5.41, 5.74) is 0. The van der Waals surface area contributed by atoms with Gasteiger partial charge >= 0.3 is 7.60 Å². The molecule has 6 heteroatoms. The van der Waals surface area contributed by atoms with Crippen LogP contribution in [0.3, 0.4) is 0 Å². The van der Waals surface area contributed by atoms with Gasteiger partial charge in [-0.25, -0.2) is 0 Å². The van der Waals surface area contributed by atoms with Crippen LogP contribution < -0.4 is 0 Å². The zero-order chi connectivity index (χ0) is 8.04. The molecule has 10 heavy (non-hydrogen) atoms. The normalized spacial score (nSPS) is 11.9. The van der Waals surface area contributed by atoms with Crippen LogP contribution in [0.4, 0.5) is 0 Å². The Kier molecular flexibility index (Phi) is 4.85. The van der Waals surface area contributed by atoms with Gasteiger partial charge in [0, 0.05) is 6.16 Å². The lowest BCUT2D eigenvalue weighted by Gasteiger charge is -2.12. The summed E-state index contributed by atoms with van der Waals surface area (Å²) in [5, 5.41) is 16.4. The van der Waals surface area contributed by atoms with Crippen LogP contribution in [-0.2, 0) is 13.6 Å². The highest BCUT2D eigenvalue weighted by molar-refractivity contribution is 7.53. The van der Waals surface area contributed by atoms with Crippen LogP contribution in [0.25, 0.3) is 0 Å². The first kappa shape index (κ1) is 10.1. The Morgan fingerprint density at radius 1 is 1.30 bits per heavy atom. The van der Waals surface area contributed by atoms with E-state index in [-0.39, 0.29) is 6.16 Å². The number of aliphatic hydroxyl groups excluding tert-OH is 2. The molecule has 0 amide bonds. The molecule has 0 atom stereocenters. The van der Waals surface area contributed by atoms with Crippen molar-refractivity contribution in [2.75, 3.05) is 19.7 Å². The van der Waals surface area contributed by atoms with Crippen LogP contribution in [0, 0.1) is 0 Å². The van der Waals surface area contributed by atoms with E-state index in [1.54, 1.807) is 6.92 Å². The highest BCUT2D eigenvalue weighted by Crippen LogP contribution is 2.46. The van der Waals surface area contributed by atoms with Crippen molar-refractivity contribution in [1.82, 2.24) is 0 Å². The minimum Gasteiger partial charge on any atom is -0.370 e. The van der Waals surface area contributed by atoms with E-state index in [1.807, 2.05) is 0 Å². The fourth-order valence-corrected chi connectivity index (χ4v) is 1.19. The first-order valence-electron chi connectivity index (χ1n) is 2.78. The third-order valence-corrected chi connectivity index (χ3v) is 2.69. The smallest absolute Gasteiger partial charge is 0.334 e. The molecule has 0 rings (SSSR count). The van der Waals surface area contributed by atoms with Gasteiger partial charge in [-0.15, -0.1) is 0 Å². The molecular weight excluding hydrogens is 159 g/mol. The van der Waals surface area contributed by atoms with Crippen molar-refractivity contribution in [2.24, 2.45) is 0 Å². The molecule has 0 saturated heterocycles. The van der Waals surface area contributed by atoms with Crippen LogP contribution in [0.1, 0.15) is 6.92 Å². The summed E-state index contributed by atoms with van der Waals surface area (Å²) < 4.78 is 19.7. The van der Waals surface area contributed by atoms with Crippen LogP contribution in [0.5, 0.6) is 0 Å². The van der Waals surface area contributed by atoms with Crippen LogP contribution >= 0.6 is 7.60 Å². The molecule has 0 aromatic heterocycles. The average molecular weight is 170 g/mol. The van der Waals surface area contributed by atoms with E-state index >= 15 is 0 Å². The maximum absolute atomic E-state index is 11.0. The Hall–Kier alpha value is 0.0700. The van der Waals surface area contributed by atoms with Crippen molar-refractivity contribution < 1.29 is 23.8 Å². The standard InChI is InChI=1S/C4H11O5P/c1-2-10(7,8-3-5)9-4-6/h5-6H,2-4H2,1H3. The Balaban J connectivity index is 3.83. The first-order valence-corrected chi connectivity index (χ1v) is 4.51.